The monoisotopic (exact) mass is 303 g/mol. The SMILES string of the molecule is N#CC1(OC(=O)N2CCCC2)Cc2cccc(Cl)c2C=N1. The topological polar surface area (TPSA) is 65.7 Å². The van der Waals surface area contributed by atoms with Crippen LogP contribution >= 0.6 is 11.6 Å². The van der Waals surface area contributed by atoms with Gasteiger partial charge in [0.05, 0.1) is 0 Å². The van der Waals surface area contributed by atoms with Crippen LogP contribution in [0.5, 0.6) is 0 Å². The van der Waals surface area contributed by atoms with Crippen LogP contribution in [0, 0.1) is 11.3 Å². The second kappa shape index (κ2) is 5.38. The third kappa shape index (κ3) is 2.59. The number of ether oxygens (including phenoxy) is 1. The van der Waals surface area contributed by atoms with Crippen molar-refractivity contribution in [2.24, 2.45) is 4.99 Å². The van der Waals surface area contributed by atoms with Crippen molar-refractivity contribution >= 4 is 23.9 Å². The van der Waals surface area contributed by atoms with E-state index >= 15 is 0 Å². The standard InChI is InChI=1S/C15H14ClN3O2/c16-13-5-3-4-11-8-15(10-17,18-9-12(11)13)21-14(20)19-6-1-2-7-19/h3-5,9H,1-2,6-8H2. The molecule has 1 atom stereocenters. The number of rotatable bonds is 1. The van der Waals surface area contributed by atoms with Gasteiger partial charge in [-0.05, 0) is 24.5 Å². The number of amides is 1. The molecule has 0 spiro atoms. The largest absolute Gasteiger partial charge is 0.412 e. The molecule has 2 heterocycles. The van der Waals surface area contributed by atoms with Gasteiger partial charge in [-0.3, -0.25) is 0 Å². The zero-order chi connectivity index (χ0) is 14.9. The van der Waals surface area contributed by atoms with Crippen molar-refractivity contribution in [3.05, 3.63) is 34.3 Å². The smallest absolute Gasteiger partial charge is 0.406 e. The lowest BCUT2D eigenvalue weighted by Gasteiger charge is -2.28. The van der Waals surface area contributed by atoms with Crippen molar-refractivity contribution in [1.82, 2.24) is 4.90 Å². The molecule has 1 unspecified atom stereocenters. The first-order valence-corrected chi connectivity index (χ1v) is 7.23. The predicted octanol–water partition coefficient (Wildman–Crippen LogP) is 2.77. The van der Waals surface area contributed by atoms with Crippen molar-refractivity contribution < 1.29 is 9.53 Å². The predicted molar refractivity (Wildman–Crippen MR) is 78.4 cm³/mol. The maximum Gasteiger partial charge on any atom is 0.412 e. The molecule has 1 amide bonds. The zero-order valence-corrected chi connectivity index (χ0v) is 12.1. The average molecular weight is 304 g/mol. The van der Waals surface area contributed by atoms with Crippen molar-refractivity contribution in [2.75, 3.05) is 13.1 Å². The minimum atomic E-state index is -1.49. The fraction of sp³-hybridized carbons (Fsp3) is 0.400. The van der Waals surface area contributed by atoms with Gasteiger partial charge in [0, 0.05) is 36.3 Å². The van der Waals surface area contributed by atoms with Crippen LogP contribution in [-0.2, 0) is 11.2 Å². The number of likely N-dealkylation sites (tertiary alicyclic amines) is 1. The normalized spacial score (nSPS) is 23.5. The molecule has 2 aliphatic heterocycles. The van der Waals surface area contributed by atoms with Gasteiger partial charge in [-0.15, -0.1) is 0 Å². The Morgan fingerprint density at radius 3 is 2.90 bits per heavy atom. The first kappa shape index (κ1) is 13.9. The van der Waals surface area contributed by atoms with Crippen LogP contribution in [0.1, 0.15) is 24.0 Å². The van der Waals surface area contributed by atoms with Crippen molar-refractivity contribution in [1.29, 1.82) is 5.26 Å². The fourth-order valence-electron chi connectivity index (χ4n) is 2.62. The fourth-order valence-corrected chi connectivity index (χ4v) is 2.86. The highest BCUT2D eigenvalue weighted by Gasteiger charge is 2.39. The number of benzene rings is 1. The summed E-state index contributed by atoms with van der Waals surface area (Å²) in [7, 11) is 0. The summed E-state index contributed by atoms with van der Waals surface area (Å²) in [6.07, 6.45) is 3.20. The number of nitrogens with zero attached hydrogens (tertiary/aromatic N) is 3. The summed E-state index contributed by atoms with van der Waals surface area (Å²) in [5.41, 5.74) is 0.146. The quantitative estimate of drug-likeness (QED) is 0.801. The molecule has 0 aromatic heterocycles. The molecule has 0 bridgehead atoms. The van der Waals surface area contributed by atoms with Crippen LogP contribution in [0.3, 0.4) is 0 Å². The first-order chi connectivity index (χ1) is 10.1. The lowest BCUT2D eigenvalue weighted by atomic mass is 9.96. The highest BCUT2D eigenvalue weighted by molar-refractivity contribution is 6.33. The van der Waals surface area contributed by atoms with Gasteiger partial charge in [0.1, 0.15) is 6.07 Å². The van der Waals surface area contributed by atoms with E-state index in [1.807, 2.05) is 18.2 Å². The second-order valence-corrected chi connectivity index (χ2v) is 5.61. The third-order valence-corrected chi connectivity index (χ3v) is 4.10. The minimum absolute atomic E-state index is 0.218. The van der Waals surface area contributed by atoms with Gasteiger partial charge in [-0.2, -0.15) is 5.26 Å². The Morgan fingerprint density at radius 2 is 2.19 bits per heavy atom. The molecule has 6 heteroatoms. The number of fused-ring (bicyclic) bond motifs is 1. The molecule has 0 aliphatic carbocycles. The lowest BCUT2D eigenvalue weighted by molar-refractivity contribution is 0.0341. The number of hydrogen-bond donors (Lipinski definition) is 0. The maximum atomic E-state index is 12.1. The van der Waals surface area contributed by atoms with Gasteiger partial charge in [0.15, 0.2) is 0 Å². The number of aliphatic imine (C=N–C) groups is 1. The molecule has 0 radical (unpaired) electrons. The summed E-state index contributed by atoms with van der Waals surface area (Å²) in [5.74, 6) is 0. The van der Waals surface area contributed by atoms with E-state index in [2.05, 4.69) is 4.99 Å². The van der Waals surface area contributed by atoms with Gasteiger partial charge in [-0.1, -0.05) is 23.7 Å². The molecule has 5 nitrogen and oxygen atoms in total. The van der Waals surface area contributed by atoms with Gasteiger partial charge in [0.2, 0.25) is 0 Å². The van der Waals surface area contributed by atoms with Gasteiger partial charge in [0.25, 0.3) is 5.72 Å². The Balaban J connectivity index is 1.83. The van der Waals surface area contributed by atoms with Gasteiger partial charge in [-0.25, -0.2) is 9.79 Å². The van der Waals surface area contributed by atoms with E-state index in [1.54, 1.807) is 11.0 Å². The van der Waals surface area contributed by atoms with E-state index in [9.17, 15) is 10.1 Å². The van der Waals surface area contributed by atoms with E-state index in [1.165, 1.54) is 6.21 Å². The maximum absolute atomic E-state index is 12.1. The Kier molecular flexibility index (Phi) is 3.56. The van der Waals surface area contributed by atoms with Crippen LogP contribution in [0.4, 0.5) is 4.79 Å². The molecule has 0 saturated carbocycles. The summed E-state index contributed by atoms with van der Waals surface area (Å²) < 4.78 is 5.39. The summed E-state index contributed by atoms with van der Waals surface area (Å²) in [6, 6.07) is 7.46. The Labute approximate surface area is 127 Å². The highest BCUT2D eigenvalue weighted by atomic mass is 35.5. The molecule has 1 saturated heterocycles. The first-order valence-electron chi connectivity index (χ1n) is 6.85. The molecule has 21 heavy (non-hydrogen) atoms. The summed E-state index contributed by atoms with van der Waals surface area (Å²) in [5, 5.41) is 10.0. The zero-order valence-electron chi connectivity index (χ0n) is 11.4. The highest BCUT2D eigenvalue weighted by Crippen LogP contribution is 2.30. The third-order valence-electron chi connectivity index (χ3n) is 3.77. The van der Waals surface area contributed by atoms with Crippen molar-refractivity contribution in [2.45, 2.75) is 25.0 Å². The Bertz CT molecular complexity index is 647. The van der Waals surface area contributed by atoms with Crippen molar-refractivity contribution in [3.63, 3.8) is 0 Å². The molecule has 2 aliphatic rings. The van der Waals surface area contributed by atoms with E-state index in [0.717, 1.165) is 24.0 Å². The van der Waals surface area contributed by atoms with E-state index < -0.39 is 11.8 Å². The van der Waals surface area contributed by atoms with Gasteiger partial charge >= 0.3 is 6.09 Å². The number of carbonyl (C=O) groups excluding carboxylic acids is 1. The number of halogens is 1. The lowest BCUT2D eigenvalue weighted by Crippen LogP contribution is -2.41. The average Bonchev–Trinajstić information content (AvgIpc) is 3.02. The van der Waals surface area contributed by atoms with Crippen LogP contribution in [0.25, 0.3) is 0 Å². The number of hydrogen-bond acceptors (Lipinski definition) is 4. The van der Waals surface area contributed by atoms with Crippen LogP contribution < -0.4 is 0 Å². The minimum Gasteiger partial charge on any atom is -0.406 e. The van der Waals surface area contributed by atoms with E-state index in [0.29, 0.717) is 18.1 Å². The number of nitriles is 1. The number of carbonyl (C=O) groups is 1. The molecule has 1 aromatic carbocycles. The van der Waals surface area contributed by atoms with E-state index in [4.69, 9.17) is 16.3 Å². The van der Waals surface area contributed by atoms with Crippen molar-refractivity contribution in [3.8, 4) is 6.07 Å². The van der Waals surface area contributed by atoms with Crippen LogP contribution in [0.15, 0.2) is 23.2 Å². The summed E-state index contributed by atoms with van der Waals surface area (Å²) >= 11 is 6.10. The molecule has 108 valence electrons. The summed E-state index contributed by atoms with van der Waals surface area (Å²) in [4.78, 5) is 17.9. The molecule has 0 N–H and O–H groups in total. The summed E-state index contributed by atoms with van der Waals surface area (Å²) in [6.45, 7) is 1.35. The van der Waals surface area contributed by atoms with E-state index in [-0.39, 0.29) is 6.42 Å². The van der Waals surface area contributed by atoms with Crippen LogP contribution in [-0.4, -0.2) is 36.0 Å². The Morgan fingerprint density at radius 1 is 1.43 bits per heavy atom. The molecule has 1 aromatic rings. The van der Waals surface area contributed by atoms with Crippen LogP contribution in [0.2, 0.25) is 5.02 Å². The second-order valence-electron chi connectivity index (χ2n) is 5.21. The molecular formula is C15H14ClN3O2. The Hall–Kier alpha value is -2.06. The molecule has 3 rings (SSSR count). The van der Waals surface area contributed by atoms with Gasteiger partial charge < -0.3 is 9.64 Å². The molecular weight excluding hydrogens is 290 g/mol. The molecule has 1 fully saturated rings.